The molecule has 37 heavy (non-hydrogen) atoms. The molecule has 0 amide bonds. The highest BCUT2D eigenvalue weighted by molar-refractivity contribution is 6.03. The summed E-state index contributed by atoms with van der Waals surface area (Å²) in [5, 5.41) is 2.09. The lowest BCUT2D eigenvalue weighted by Crippen LogP contribution is -2.30. The van der Waals surface area contributed by atoms with Gasteiger partial charge in [0.2, 0.25) is 5.78 Å². The van der Waals surface area contributed by atoms with Gasteiger partial charge in [0, 0.05) is 11.1 Å². The Bertz CT molecular complexity index is 1540. The van der Waals surface area contributed by atoms with Crippen LogP contribution in [0.1, 0.15) is 33.0 Å². The van der Waals surface area contributed by atoms with Crippen molar-refractivity contribution >= 4 is 16.6 Å². The molecule has 0 aliphatic carbocycles. The molecule has 6 rings (SSSR count). The smallest absolute Gasteiger partial charge is 0.204 e. The summed E-state index contributed by atoms with van der Waals surface area (Å²) in [7, 11) is 1.65. The summed E-state index contributed by atoms with van der Waals surface area (Å²) in [5.74, 6) is 1.66. The van der Waals surface area contributed by atoms with Crippen molar-refractivity contribution in [2.24, 2.45) is 0 Å². The third-order valence-electron chi connectivity index (χ3n) is 6.89. The lowest BCUT2D eigenvalue weighted by molar-refractivity contribution is 0.0802. The van der Waals surface area contributed by atoms with Crippen molar-refractivity contribution in [3.8, 4) is 17.2 Å². The molecular formula is C33H26O4. The molecule has 4 heteroatoms. The molecule has 0 bridgehead atoms. The molecule has 1 aliphatic rings. The van der Waals surface area contributed by atoms with Crippen molar-refractivity contribution in [2.45, 2.75) is 18.6 Å². The summed E-state index contributed by atoms with van der Waals surface area (Å²) in [6, 6.07) is 37.5. The molecule has 1 heterocycles. The van der Waals surface area contributed by atoms with Crippen LogP contribution >= 0.6 is 0 Å². The summed E-state index contributed by atoms with van der Waals surface area (Å²) < 4.78 is 18.3. The zero-order valence-electron chi connectivity index (χ0n) is 20.5. The molecule has 0 saturated heterocycles. The Morgan fingerprint density at radius 3 is 2.22 bits per heavy atom. The van der Waals surface area contributed by atoms with E-state index >= 15 is 0 Å². The molecule has 0 saturated carbocycles. The molecule has 0 fully saturated rings. The Balaban J connectivity index is 1.51. The molecule has 0 aromatic heterocycles. The first-order chi connectivity index (χ1) is 18.2. The van der Waals surface area contributed by atoms with Gasteiger partial charge >= 0.3 is 0 Å². The average Bonchev–Trinajstić information content (AvgIpc) is 3.38. The fourth-order valence-electron chi connectivity index (χ4n) is 5.07. The predicted molar refractivity (Wildman–Crippen MR) is 145 cm³/mol. The van der Waals surface area contributed by atoms with Crippen LogP contribution in [0.5, 0.6) is 17.2 Å². The minimum Gasteiger partial charge on any atom is -0.497 e. The van der Waals surface area contributed by atoms with Gasteiger partial charge in [-0.15, -0.1) is 0 Å². The number of carbonyl (C=O) groups excluding carboxylic acids is 1. The zero-order chi connectivity index (χ0) is 25.2. The molecule has 2 atom stereocenters. The molecule has 0 spiro atoms. The Labute approximate surface area is 216 Å². The Morgan fingerprint density at radius 1 is 0.811 bits per heavy atom. The van der Waals surface area contributed by atoms with Crippen molar-refractivity contribution in [3.63, 3.8) is 0 Å². The average molecular weight is 487 g/mol. The topological polar surface area (TPSA) is 44.8 Å². The Morgan fingerprint density at radius 2 is 1.49 bits per heavy atom. The van der Waals surface area contributed by atoms with E-state index in [-0.39, 0.29) is 11.7 Å². The van der Waals surface area contributed by atoms with Gasteiger partial charge in [0.1, 0.15) is 12.4 Å². The standard InChI is InChI=1S/C33H26O4/c1-35-26-18-16-23(17-19-26)29-30-27-15-9-8-14-25(27)20-28(36-21-22-10-4-2-5-11-22)32(30)37-33(29)31(34)24-12-6-3-7-13-24/h2-20,29,33H,21H2,1H3/t29-,33-/m1/s1. The fourth-order valence-corrected chi connectivity index (χ4v) is 5.07. The van der Waals surface area contributed by atoms with Gasteiger partial charge in [-0.25, -0.2) is 0 Å². The van der Waals surface area contributed by atoms with Crippen molar-refractivity contribution in [3.05, 3.63) is 138 Å². The van der Waals surface area contributed by atoms with Crippen LogP contribution in [-0.2, 0) is 6.61 Å². The fraction of sp³-hybridized carbons (Fsp3) is 0.121. The lowest BCUT2D eigenvalue weighted by atomic mass is 9.83. The Kier molecular flexibility index (Phi) is 6.07. The van der Waals surface area contributed by atoms with Crippen LogP contribution in [0, 0.1) is 0 Å². The number of methoxy groups -OCH3 is 1. The van der Waals surface area contributed by atoms with E-state index in [4.69, 9.17) is 14.2 Å². The molecule has 182 valence electrons. The van der Waals surface area contributed by atoms with Crippen molar-refractivity contribution in [1.82, 2.24) is 0 Å². The maximum absolute atomic E-state index is 13.9. The summed E-state index contributed by atoms with van der Waals surface area (Å²) >= 11 is 0. The number of hydrogen-bond acceptors (Lipinski definition) is 4. The maximum atomic E-state index is 13.9. The van der Waals surface area contributed by atoms with E-state index in [0.717, 1.165) is 33.2 Å². The van der Waals surface area contributed by atoms with Crippen LogP contribution in [0.2, 0.25) is 0 Å². The SMILES string of the molecule is COc1ccc([C@@H]2c3c(c(OCc4ccccc4)cc4ccccc34)O[C@H]2C(=O)c2ccccc2)cc1. The number of hydrogen-bond donors (Lipinski definition) is 0. The largest absolute Gasteiger partial charge is 0.497 e. The van der Waals surface area contributed by atoms with Gasteiger partial charge in [-0.2, -0.15) is 0 Å². The first-order valence-corrected chi connectivity index (χ1v) is 12.3. The highest BCUT2D eigenvalue weighted by atomic mass is 16.5. The number of ketones is 1. The molecule has 5 aromatic rings. The third-order valence-corrected chi connectivity index (χ3v) is 6.89. The molecule has 1 aliphatic heterocycles. The molecule has 0 radical (unpaired) electrons. The van der Waals surface area contributed by atoms with Crippen LogP contribution in [0.25, 0.3) is 10.8 Å². The summed E-state index contributed by atoms with van der Waals surface area (Å²) in [5.41, 5.74) is 3.64. The summed E-state index contributed by atoms with van der Waals surface area (Å²) in [4.78, 5) is 13.9. The van der Waals surface area contributed by atoms with Crippen LogP contribution in [0.4, 0.5) is 0 Å². The zero-order valence-corrected chi connectivity index (χ0v) is 20.5. The molecule has 4 nitrogen and oxygen atoms in total. The van der Waals surface area contributed by atoms with E-state index in [2.05, 4.69) is 12.1 Å². The van der Waals surface area contributed by atoms with E-state index in [1.54, 1.807) is 7.11 Å². The van der Waals surface area contributed by atoms with E-state index < -0.39 is 6.10 Å². The van der Waals surface area contributed by atoms with Gasteiger partial charge in [0.05, 0.1) is 13.0 Å². The van der Waals surface area contributed by atoms with Gasteiger partial charge in [0.15, 0.2) is 17.6 Å². The van der Waals surface area contributed by atoms with Crippen molar-refractivity contribution in [1.29, 1.82) is 0 Å². The number of fused-ring (bicyclic) bond motifs is 3. The molecule has 5 aromatic carbocycles. The summed E-state index contributed by atoms with van der Waals surface area (Å²) in [6.45, 7) is 0.402. The summed E-state index contributed by atoms with van der Waals surface area (Å²) in [6.07, 6.45) is -0.726. The van der Waals surface area contributed by atoms with Gasteiger partial charge in [0.25, 0.3) is 0 Å². The second kappa shape index (κ2) is 9.82. The van der Waals surface area contributed by atoms with Crippen molar-refractivity contribution in [2.75, 3.05) is 7.11 Å². The quantitative estimate of drug-likeness (QED) is 0.228. The van der Waals surface area contributed by atoms with Crippen LogP contribution in [-0.4, -0.2) is 19.0 Å². The normalized spacial score (nSPS) is 16.1. The van der Waals surface area contributed by atoms with E-state index in [0.29, 0.717) is 23.7 Å². The number of Topliss-reactive ketones (excluding diaryl/α,β-unsaturated/α-hetero) is 1. The number of ether oxygens (including phenoxy) is 3. The molecule has 0 unspecified atom stereocenters. The Hall–Kier alpha value is -4.57. The van der Waals surface area contributed by atoms with Gasteiger partial charge in [-0.05, 0) is 40.1 Å². The minimum atomic E-state index is -0.726. The third kappa shape index (κ3) is 4.31. The monoisotopic (exact) mass is 486 g/mol. The van der Waals surface area contributed by atoms with Crippen LogP contribution in [0.3, 0.4) is 0 Å². The number of rotatable bonds is 7. The van der Waals surface area contributed by atoms with E-state index in [1.807, 2.05) is 103 Å². The second-order valence-corrected chi connectivity index (χ2v) is 9.13. The van der Waals surface area contributed by atoms with Gasteiger partial charge < -0.3 is 14.2 Å². The van der Waals surface area contributed by atoms with Crippen LogP contribution < -0.4 is 14.2 Å². The minimum absolute atomic E-state index is 0.0595. The lowest BCUT2D eigenvalue weighted by Gasteiger charge is -2.19. The first-order valence-electron chi connectivity index (χ1n) is 12.3. The molecular weight excluding hydrogens is 460 g/mol. The highest BCUT2D eigenvalue weighted by Crippen LogP contribution is 2.52. The second-order valence-electron chi connectivity index (χ2n) is 9.13. The molecule has 0 N–H and O–H groups in total. The number of carbonyl (C=O) groups is 1. The van der Waals surface area contributed by atoms with E-state index in [9.17, 15) is 4.79 Å². The van der Waals surface area contributed by atoms with Crippen molar-refractivity contribution < 1.29 is 19.0 Å². The van der Waals surface area contributed by atoms with Crippen LogP contribution in [0.15, 0.2) is 115 Å². The maximum Gasteiger partial charge on any atom is 0.204 e. The highest BCUT2D eigenvalue weighted by Gasteiger charge is 2.43. The number of benzene rings is 5. The van der Waals surface area contributed by atoms with Gasteiger partial charge in [-0.3, -0.25) is 4.79 Å². The first kappa shape index (κ1) is 22.9. The van der Waals surface area contributed by atoms with Gasteiger partial charge in [-0.1, -0.05) is 97.1 Å². The van der Waals surface area contributed by atoms with E-state index in [1.165, 1.54) is 0 Å². The predicted octanol–water partition coefficient (Wildman–Crippen LogP) is 7.20.